The summed E-state index contributed by atoms with van der Waals surface area (Å²) in [5, 5.41) is 22.8. The van der Waals surface area contributed by atoms with E-state index in [4.69, 9.17) is 4.99 Å². The molecule has 5 aromatic rings. The van der Waals surface area contributed by atoms with Gasteiger partial charge in [-0.05, 0) is 36.4 Å². The van der Waals surface area contributed by atoms with Crippen LogP contribution in [0.1, 0.15) is 22.3 Å². The first-order chi connectivity index (χ1) is 18.0. The number of benzene rings is 4. The largest absolute Gasteiger partial charge is 0.494 e. The quantitative estimate of drug-likeness (QED) is 0.146. The molecule has 0 fully saturated rings. The summed E-state index contributed by atoms with van der Waals surface area (Å²) in [6.45, 7) is 1.64. The molecule has 4 aromatic carbocycles. The molecule has 184 valence electrons. The second-order valence-corrected chi connectivity index (χ2v) is 8.99. The van der Waals surface area contributed by atoms with Crippen molar-refractivity contribution in [2.75, 3.05) is 7.05 Å². The number of aliphatic imine (C=N–C) groups is 1. The summed E-state index contributed by atoms with van der Waals surface area (Å²) in [5.74, 6) is -0.0859. The van der Waals surface area contributed by atoms with E-state index in [2.05, 4.69) is 29.1 Å². The Kier molecular flexibility index (Phi) is 6.78. The van der Waals surface area contributed by atoms with Crippen LogP contribution in [0.2, 0.25) is 0 Å². The van der Waals surface area contributed by atoms with Gasteiger partial charge in [0.2, 0.25) is 0 Å². The summed E-state index contributed by atoms with van der Waals surface area (Å²) in [5.41, 5.74) is 5.42. The van der Waals surface area contributed by atoms with E-state index in [9.17, 15) is 15.2 Å². The number of nitrogens with zero attached hydrogens (tertiary/aromatic N) is 3. The number of aromatic hydroxyl groups is 1. The first-order valence-corrected chi connectivity index (χ1v) is 11.9. The average molecular weight is 491 g/mol. The van der Waals surface area contributed by atoms with E-state index in [-0.39, 0.29) is 11.6 Å². The van der Waals surface area contributed by atoms with Crippen molar-refractivity contribution < 1.29 is 10.0 Å². The topological polar surface area (TPSA) is 94.8 Å². The van der Waals surface area contributed by atoms with Crippen LogP contribution in [0.4, 0.5) is 11.4 Å². The predicted octanol–water partition coefficient (Wildman–Crippen LogP) is 6.58. The van der Waals surface area contributed by atoms with Crippen LogP contribution in [0.25, 0.3) is 10.9 Å². The van der Waals surface area contributed by atoms with E-state index in [1.807, 2.05) is 72.8 Å². The maximum absolute atomic E-state index is 11.4. The van der Waals surface area contributed by atoms with Gasteiger partial charge in [-0.1, -0.05) is 72.8 Å². The van der Waals surface area contributed by atoms with E-state index in [0.29, 0.717) is 27.9 Å². The standard InChI is InChI=1S/C30H26N4O3/c1-33(19-21-8-4-2-5-9-21)20-22-12-14-24(15-13-22)31-29(23-10-6-3-7-11-23)28-26-18-25(34(36)37)16-17-27(26)32-30(28)35/h2-18,32,35H,19-20H2,1H3. The van der Waals surface area contributed by atoms with E-state index in [1.165, 1.54) is 17.7 Å². The fourth-order valence-electron chi connectivity index (χ4n) is 4.45. The van der Waals surface area contributed by atoms with Crippen LogP contribution < -0.4 is 0 Å². The Morgan fingerprint density at radius 1 is 0.892 bits per heavy atom. The summed E-state index contributed by atoms with van der Waals surface area (Å²) < 4.78 is 0. The van der Waals surface area contributed by atoms with Gasteiger partial charge in [0.15, 0.2) is 5.88 Å². The van der Waals surface area contributed by atoms with Gasteiger partial charge in [0.1, 0.15) is 0 Å². The summed E-state index contributed by atoms with van der Waals surface area (Å²) in [6, 6.07) is 32.3. The van der Waals surface area contributed by atoms with Crippen LogP contribution in [-0.4, -0.2) is 32.7 Å². The van der Waals surface area contributed by atoms with E-state index >= 15 is 0 Å². The summed E-state index contributed by atoms with van der Waals surface area (Å²) in [7, 11) is 2.09. The Balaban J connectivity index is 1.49. The molecule has 0 atom stereocenters. The lowest BCUT2D eigenvalue weighted by atomic mass is 10.0. The van der Waals surface area contributed by atoms with Crippen molar-refractivity contribution in [2.24, 2.45) is 4.99 Å². The summed E-state index contributed by atoms with van der Waals surface area (Å²) >= 11 is 0. The smallest absolute Gasteiger partial charge is 0.270 e. The molecule has 7 nitrogen and oxygen atoms in total. The Morgan fingerprint density at radius 3 is 2.16 bits per heavy atom. The van der Waals surface area contributed by atoms with Crippen molar-refractivity contribution in [1.29, 1.82) is 0 Å². The van der Waals surface area contributed by atoms with Crippen LogP contribution in [0, 0.1) is 10.1 Å². The zero-order chi connectivity index (χ0) is 25.8. The molecule has 0 aliphatic rings. The van der Waals surface area contributed by atoms with Gasteiger partial charge in [-0.2, -0.15) is 0 Å². The van der Waals surface area contributed by atoms with E-state index in [1.54, 1.807) is 6.07 Å². The van der Waals surface area contributed by atoms with Gasteiger partial charge in [-0.15, -0.1) is 0 Å². The van der Waals surface area contributed by atoms with Crippen LogP contribution in [0.3, 0.4) is 0 Å². The molecule has 37 heavy (non-hydrogen) atoms. The number of nitro groups is 1. The van der Waals surface area contributed by atoms with Crippen molar-refractivity contribution in [2.45, 2.75) is 13.1 Å². The molecule has 5 rings (SSSR count). The zero-order valence-corrected chi connectivity index (χ0v) is 20.3. The molecule has 0 aliphatic heterocycles. The number of nitrogens with one attached hydrogen (secondary N) is 1. The first kappa shape index (κ1) is 24.0. The highest BCUT2D eigenvalue weighted by Crippen LogP contribution is 2.33. The van der Waals surface area contributed by atoms with Crippen LogP contribution in [0.15, 0.2) is 108 Å². The highest BCUT2D eigenvalue weighted by molar-refractivity contribution is 6.22. The van der Waals surface area contributed by atoms with Gasteiger partial charge < -0.3 is 10.1 Å². The fraction of sp³-hybridized carbons (Fsp3) is 0.100. The van der Waals surface area contributed by atoms with Gasteiger partial charge in [0.25, 0.3) is 5.69 Å². The van der Waals surface area contributed by atoms with Gasteiger partial charge in [0, 0.05) is 41.7 Å². The number of hydrogen-bond donors (Lipinski definition) is 2. The van der Waals surface area contributed by atoms with Crippen molar-refractivity contribution in [3.05, 3.63) is 135 Å². The average Bonchev–Trinajstić information content (AvgIpc) is 3.24. The molecule has 0 aliphatic carbocycles. The molecule has 2 N–H and O–H groups in total. The monoisotopic (exact) mass is 490 g/mol. The highest BCUT2D eigenvalue weighted by Gasteiger charge is 2.20. The minimum atomic E-state index is -0.444. The molecule has 0 saturated heterocycles. The van der Waals surface area contributed by atoms with Crippen LogP contribution >= 0.6 is 0 Å². The third-order valence-electron chi connectivity index (χ3n) is 6.18. The van der Waals surface area contributed by atoms with Crippen molar-refractivity contribution >= 4 is 28.0 Å². The summed E-state index contributed by atoms with van der Waals surface area (Å²) in [4.78, 5) is 21.0. The highest BCUT2D eigenvalue weighted by atomic mass is 16.6. The molecular weight excluding hydrogens is 464 g/mol. The van der Waals surface area contributed by atoms with Gasteiger partial charge in [-0.25, -0.2) is 4.99 Å². The minimum Gasteiger partial charge on any atom is -0.494 e. The maximum atomic E-state index is 11.4. The molecule has 1 aromatic heterocycles. The van der Waals surface area contributed by atoms with Crippen molar-refractivity contribution in [1.82, 2.24) is 9.88 Å². The lowest BCUT2D eigenvalue weighted by molar-refractivity contribution is -0.384. The first-order valence-electron chi connectivity index (χ1n) is 11.9. The van der Waals surface area contributed by atoms with Crippen LogP contribution in [0.5, 0.6) is 5.88 Å². The second kappa shape index (κ2) is 10.5. The minimum absolute atomic E-state index is 0.0517. The van der Waals surface area contributed by atoms with Gasteiger partial charge in [-0.3, -0.25) is 15.0 Å². The summed E-state index contributed by atoms with van der Waals surface area (Å²) in [6.07, 6.45) is 0. The zero-order valence-electron chi connectivity index (χ0n) is 20.3. The van der Waals surface area contributed by atoms with Crippen molar-refractivity contribution in [3.63, 3.8) is 0 Å². The number of aromatic nitrogens is 1. The SMILES string of the molecule is CN(Cc1ccccc1)Cc1ccc(N=C(c2ccccc2)c2c(O)[nH]c3ccc([N+](=O)[O-])cc23)cc1. The van der Waals surface area contributed by atoms with Crippen LogP contribution in [-0.2, 0) is 13.1 Å². The maximum Gasteiger partial charge on any atom is 0.270 e. The second-order valence-electron chi connectivity index (χ2n) is 8.99. The molecule has 0 bridgehead atoms. The molecular formula is C30H26N4O3. The molecule has 0 saturated carbocycles. The Morgan fingerprint density at radius 2 is 1.51 bits per heavy atom. The van der Waals surface area contributed by atoms with E-state index in [0.717, 1.165) is 24.2 Å². The van der Waals surface area contributed by atoms with Crippen molar-refractivity contribution in [3.8, 4) is 5.88 Å². The Labute approximate surface area is 214 Å². The number of hydrogen-bond acceptors (Lipinski definition) is 5. The Hall–Kier alpha value is -4.75. The Bertz CT molecular complexity index is 1560. The molecule has 0 radical (unpaired) electrons. The third kappa shape index (κ3) is 5.42. The lowest BCUT2D eigenvalue weighted by Crippen LogP contribution is -2.17. The fourth-order valence-corrected chi connectivity index (χ4v) is 4.45. The number of fused-ring (bicyclic) bond motifs is 1. The normalized spacial score (nSPS) is 11.8. The lowest BCUT2D eigenvalue weighted by Gasteiger charge is -2.17. The number of H-pyrrole nitrogens is 1. The predicted molar refractivity (Wildman–Crippen MR) is 146 cm³/mol. The molecule has 0 spiro atoms. The molecule has 0 amide bonds. The van der Waals surface area contributed by atoms with Gasteiger partial charge in [0.05, 0.1) is 21.9 Å². The number of rotatable bonds is 8. The van der Waals surface area contributed by atoms with Gasteiger partial charge >= 0.3 is 0 Å². The number of non-ortho nitro benzene ring substituents is 1. The number of aromatic amines is 1. The third-order valence-corrected chi connectivity index (χ3v) is 6.18. The number of nitro benzene ring substituents is 1. The molecule has 0 unspecified atom stereocenters. The molecule has 7 heteroatoms. The molecule has 1 heterocycles. The van der Waals surface area contributed by atoms with E-state index < -0.39 is 4.92 Å².